The Morgan fingerprint density at radius 2 is 1.47 bits per heavy atom. The van der Waals surface area contributed by atoms with Gasteiger partial charge >= 0.3 is 24.0 Å². The fourth-order valence-electron chi connectivity index (χ4n) is 6.95. The molecule has 1 spiro atoms. The highest BCUT2D eigenvalue weighted by atomic mass is 35.5. The van der Waals surface area contributed by atoms with E-state index in [2.05, 4.69) is 30.9 Å². The Hall–Kier alpha value is -5.51. The molecule has 17 heteroatoms. The van der Waals surface area contributed by atoms with Crippen LogP contribution in [-0.2, 0) is 21.7 Å². The van der Waals surface area contributed by atoms with Crippen LogP contribution in [0.15, 0.2) is 72.8 Å². The van der Waals surface area contributed by atoms with E-state index in [0.717, 1.165) is 18.4 Å². The van der Waals surface area contributed by atoms with Crippen molar-refractivity contribution in [2.45, 2.75) is 50.4 Å². The van der Waals surface area contributed by atoms with Gasteiger partial charge in [0.05, 0.1) is 12.0 Å². The number of carbonyl (C=O) groups excluding carboxylic acids is 3. The summed E-state index contributed by atoms with van der Waals surface area (Å²) in [6.45, 7) is 1.10. The van der Waals surface area contributed by atoms with Crippen LogP contribution in [0.4, 0.5) is 35.1 Å². The number of nitrogens with zero attached hydrogens (tertiary/aromatic N) is 5. The average Bonchev–Trinajstić information content (AvgIpc) is 3.62. The number of amides is 3. The number of aromatic nitrogens is 3. The number of anilines is 3. The third-order valence-electron chi connectivity index (χ3n) is 10.1. The maximum absolute atomic E-state index is 13.5. The number of nitrogens with one attached hydrogen (secondary N) is 3. The second-order valence-corrected chi connectivity index (χ2v) is 14.6. The summed E-state index contributed by atoms with van der Waals surface area (Å²) in [5.74, 6) is -1.81. The number of hydrogen-bond acceptors (Lipinski definition) is 9. The van der Waals surface area contributed by atoms with Crippen LogP contribution in [0.2, 0.25) is 5.02 Å². The molecule has 2 saturated heterocycles. The molecule has 1 aromatic heterocycles. The molecule has 3 amide bonds. The van der Waals surface area contributed by atoms with E-state index in [4.69, 9.17) is 16.3 Å². The summed E-state index contributed by atoms with van der Waals surface area (Å²) < 4.78 is 57.0. The van der Waals surface area contributed by atoms with Gasteiger partial charge in [-0.15, -0.1) is 0 Å². The van der Waals surface area contributed by atoms with Crippen molar-refractivity contribution in [2.24, 2.45) is 5.41 Å². The molecule has 3 aromatic carbocycles. The number of likely N-dealkylation sites (tertiary alicyclic amines) is 2. The molecule has 4 aromatic rings. The van der Waals surface area contributed by atoms with Gasteiger partial charge in [0.1, 0.15) is 12.4 Å². The Kier molecular flexibility index (Phi) is 10.5. The van der Waals surface area contributed by atoms with Crippen LogP contribution in [0.5, 0.6) is 6.01 Å². The minimum atomic E-state index is -4.42. The molecule has 0 radical (unpaired) electrons. The van der Waals surface area contributed by atoms with E-state index >= 15 is 0 Å². The minimum Gasteiger partial charge on any atom is -0.463 e. The summed E-state index contributed by atoms with van der Waals surface area (Å²) in [5.41, 5.74) is 1.77. The SMILES string of the molecule is O=C(NCc1ccc(F)cc1)C(=O)N1CCC2(CCN(C(=O)c3ccc(Nc4nc(NC5(c6ccc(Cl)cc6)CC5)nc(OCCC(F)(F)F)n4)cc3)C2)C1. The molecule has 1 atom stereocenters. The molecule has 7 rings (SSSR count). The largest absolute Gasteiger partial charge is 0.463 e. The first-order chi connectivity index (χ1) is 26.3. The lowest BCUT2D eigenvalue weighted by molar-refractivity contribution is -0.145. The monoisotopic (exact) mass is 780 g/mol. The summed E-state index contributed by atoms with van der Waals surface area (Å²) in [6, 6.07) is 19.3. The Bertz CT molecular complexity index is 2050. The predicted octanol–water partition coefficient (Wildman–Crippen LogP) is 6.22. The van der Waals surface area contributed by atoms with Gasteiger partial charge in [-0.25, -0.2) is 4.39 Å². The highest BCUT2D eigenvalue weighted by Crippen LogP contribution is 2.48. The molecule has 55 heavy (non-hydrogen) atoms. The smallest absolute Gasteiger partial charge is 0.392 e. The van der Waals surface area contributed by atoms with E-state index in [1.54, 1.807) is 41.3 Å². The number of carbonyl (C=O) groups is 3. The van der Waals surface area contributed by atoms with Crippen LogP contribution in [-0.4, -0.2) is 81.4 Å². The summed E-state index contributed by atoms with van der Waals surface area (Å²) >= 11 is 6.07. The zero-order chi connectivity index (χ0) is 38.8. The van der Waals surface area contributed by atoms with E-state index in [0.29, 0.717) is 60.9 Å². The molecule has 2 aliphatic heterocycles. The van der Waals surface area contributed by atoms with Gasteiger partial charge in [0.15, 0.2) is 0 Å². The van der Waals surface area contributed by atoms with E-state index in [1.807, 2.05) is 12.1 Å². The topological polar surface area (TPSA) is 142 Å². The first kappa shape index (κ1) is 37.8. The molecule has 1 aliphatic carbocycles. The van der Waals surface area contributed by atoms with Crippen molar-refractivity contribution in [3.05, 3.63) is 100 Å². The molecular formula is C38H37ClF4N8O4. The fourth-order valence-corrected chi connectivity index (χ4v) is 7.07. The van der Waals surface area contributed by atoms with Crippen molar-refractivity contribution >= 4 is 46.9 Å². The van der Waals surface area contributed by atoms with Crippen molar-refractivity contribution in [1.29, 1.82) is 0 Å². The van der Waals surface area contributed by atoms with Gasteiger partial charge in [0.25, 0.3) is 5.91 Å². The van der Waals surface area contributed by atoms with Crippen molar-refractivity contribution in [3.63, 3.8) is 0 Å². The lowest BCUT2D eigenvalue weighted by Crippen LogP contribution is -2.43. The maximum Gasteiger partial charge on any atom is 0.392 e. The van der Waals surface area contributed by atoms with Crippen molar-refractivity contribution in [2.75, 3.05) is 43.4 Å². The number of rotatable bonds is 11. The number of halogens is 5. The molecule has 3 fully saturated rings. The molecular weight excluding hydrogens is 744 g/mol. The summed E-state index contributed by atoms with van der Waals surface area (Å²) in [5, 5.41) is 9.51. The fraction of sp³-hybridized carbons (Fsp3) is 0.368. The Morgan fingerprint density at radius 1 is 0.818 bits per heavy atom. The minimum absolute atomic E-state index is 0.0245. The zero-order valence-corrected chi connectivity index (χ0v) is 30.2. The summed E-state index contributed by atoms with van der Waals surface area (Å²) in [6.07, 6.45) is -2.72. The standard InChI is InChI=1S/C38H37ClF4N8O4/c39-27-7-5-26(6-8-27)37(13-14-37)49-34-46-33(47-35(48-34)55-20-17-38(41,42)43)45-29-11-3-25(4-12-29)31(53)50-18-15-36(22-50)16-19-51(23-36)32(54)30(52)44-21-24-1-9-28(40)10-2-24/h1-12H,13-23H2,(H,44,52)(H2,45,46,47,48,49). The van der Waals surface area contributed by atoms with Crippen molar-refractivity contribution in [1.82, 2.24) is 30.1 Å². The summed E-state index contributed by atoms with van der Waals surface area (Å²) in [7, 11) is 0. The normalized spacial score (nSPS) is 18.6. The highest BCUT2D eigenvalue weighted by molar-refractivity contribution is 6.35. The second-order valence-electron chi connectivity index (χ2n) is 14.2. The van der Waals surface area contributed by atoms with Crippen LogP contribution in [0.1, 0.15) is 53.6 Å². The Balaban J connectivity index is 0.965. The van der Waals surface area contributed by atoms with Gasteiger partial charge in [-0.05, 0) is 85.3 Å². The van der Waals surface area contributed by atoms with Gasteiger partial charge in [-0.3, -0.25) is 14.4 Å². The molecule has 288 valence electrons. The second kappa shape index (κ2) is 15.3. The number of hydrogen-bond donors (Lipinski definition) is 3. The van der Waals surface area contributed by atoms with E-state index < -0.39 is 42.4 Å². The average molecular weight is 781 g/mol. The van der Waals surface area contributed by atoms with Crippen molar-refractivity contribution in [3.8, 4) is 6.01 Å². The number of ether oxygens (including phenoxy) is 1. The van der Waals surface area contributed by atoms with Gasteiger partial charge in [0.2, 0.25) is 11.9 Å². The quantitative estimate of drug-likeness (QED) is 0.120. The number of alkyl halides is 3. The van der Waals surface area contributed by atoms with E-state index in [-0.39, 0.29) is 35.8 Å². The molecule has 3 heterocycles. The van der Waals surface area contributed by atoms with Crippen LogP contribution in [0.25, 0.3) is 0 Å². The Labute approximate surface area is 318 Å². The third-order valence-corrected chi connectivity index (χ3v) is 10.4. The van der Waals surface area contributed by atoms with Crippen molar-refractivity contribution < 1.29 is 36.7 Å². The third kappa shape index (κ3) is 9.24. The number of benzene rings is 3. The van der Waals surface area contributed by atoms with Crippen LogP contribution < -0.4 is 20.7 Å². The van der Waals surface area contributed by atoms with Crippen LogP contribution in [0.3, 0.4) is 0 Å². The maximum atomic E-state index is 13.5. The van der Waals surface area contributed by atoms with Crippen LogP contribution in [0, 0.1) is 11.2 Å². The highest BCUT2D eigenvalue weighted by Gasteiger charge is 2.47. The molecule has 12 nitrogen and oxygen atoms in total. The molecule has 0 bridgehead atoms. The Morgan fingerprint density at radius 3 is 2.15 bits per heavy atom. The van der Waals surface area contributed by atoms with E-state index in [1.165, 1.54) is 29.2 Å². The predicted molar refractivity (Wildman–Crippen MR) is 194 cm³/mol. The zero-order valence-electron chi connectivity index (χ0n) is 29.5. The molecule has 1 saturated carbocycles. The molecule has 1 unspecified atom stereocenters. The molecule has 3 aliphatic rings. The molecule has 3 N–H and O–H groups in total. The first-order valence-corrected chi connectivity index (χ1v) is 18.1. The lowest BCUT2D eigenvalue weighted by atomic mass is 9.86. The van der Waals surface area contributed by atoms with Gasteiger partial charge in [-0.2, -0.15) is 28.1 Å². The van der Waals surface area contributed by atoms with Gasteiger partial charge in [0, 0.05) is 54.4 Å². The first-order valence-electron chi connectivity index (χ1n) is 17.7. The van der Waals surface area contributed by atoms with E-state index in [9.17, 15) is 31.9 Å². The lowest BCUT2D eigenvalue weighted by Gasteiger charge is -2.24. The van der Waals surface area contributed by atoms with Gasteiger partial charge in [-0.1, -0.05) is 35.9 Å². The van der Waals surface area contributed by atoms with Gasteiger partial charge < -0.3 is 30.5 Å². The van der Waals surface area contributed by atoms with Crippen LogP contribution >= 0.6 is 11.6 Å². The summed E-state index contributed by atoms with van der Waals surface area (Å²) in [4.78, 5) is 55.2.